The second-order valence-electron chi connectivity index (χ2n) is 5.95. The van der Waals surface area contributed by atoms with Gasteiger partial charge in [0.05, 0.1) is 12.8 Å². The summed E-state index contributed by atoms with van der Waals surface area (Å²) in [6.07, 6.45) is 2.77. The zero-order valence-corrected chi connectivity index (χ0v) is 14.4. The lowest BCUT2D eigenvalue weighted by Gasteiger charge is -2.36. The normalized spacial score (nSPS) is 15.5. The molecule has 1 amide bonds. The minimum atomic E-state index is 0.172. The quantitative estimate of drug-likeness (QED) is 0.746. The van der Waals surface area contributed by atoms with E-state index in [0.717, 1.165) is 63.5 Å². The van der Waals surface area contributed by atoms with Crippen molar-refractivity contribution in [2.75, 3.05) is 51.3 Å². The third-order valence-electron chi connectivity index (χ3n) is 4.31. The molecule has 1 aliphatic heterocycles. The molecule has 0 atom stereocenters. The van der Waals surface area contributed by atoms with Crippen molar-refractivity contribution >= 4 is 11.6 Å². The second-order valence-corrected chi connectivity index (χ2v) is 5.95. The van der Waals surface area contributed by atoms with Crippen LogP contribution in [0.1, 0.15) is 26.2 Å². The Morgan fingerprint density at radius 3 is 2.65 bits per heavy atom. The summed E-state index contributed by atoms with van der Waals surface area (Å²) >= 11 is 0. The molecule has 1 fully saturated rings. The van der Waals surface area contributed by atoms with Gasteiger partial charge in [-0.25, -0.2) is 0 Å². The van der Waals surface area contributed by atoms with E-state index in [2.05, 4.69) is 28.1 Å². The van der Waals surface area contributed by atoms with Crippen molar-refractivity contribution in [2.45, 2.75) is 26.2 Å². The van der Waals surface area contributed by atoms with Gasteiger partial charge in [-0.3, -0.25) is 9.69 Å². The first-order chi connectivity index (χ1) is 11.2. The molecule has 0 bridgehead atoms. The summed E-state index contributed by atoms with van der Waals surface area (Å²) in [5.74, 6) is 1.10. The molecule has 5 heteroatoms. The summed E-state index contributed by atoms with van der Waals surface area (Å²) in [7, 11) is 1.71. The van der Waals surface area contributed by atoms with Crippen LogP contribution in [-0.4, -0.2) is 57.2 Å². The number of para-hydroxylation sites is 2. The molecule has 5 nitrogen and oxygen atoms in total. The lowest BCUT2D eigenvalue weighted by atomic mass is 10.2. The molecule has 0 radical (unpaired) electrons. The molecule has 1 saturated heterocycles. The highest BCUT2D eigenvalue weighted by atomic mass is 16.5. The molecule has 0 unspecified atom stereocenters. The van der Waals surface area contributed by atoms with Crippen LogP contribution < -0.4 is 15.0 Å². The average molecular weight is 319 g/mol. The van der Waals surface area contributed by atoms with Gasteiger partial charge in [0.1, 0.15) is 5.75 Å². The van der Waals surface area contributed by atoms with Gasteiger partial charge in [0.2, 0.25) is 5.91 Å². The van der Waals surface area contributed by atoms with Crippen molar-refractivity contribution in [1.82, 2.24) is 10.2 Å². The first-order valence-electron chi connectivity index (χ1n) is 8.61. The fraction of sp³-hybridized carbons (Fsp3) is 0.611. The number of hydrogen-bond donors (Lipinski definition) is 1. The number of methoxy groups -OCH3 is 1. The van der Waals surface area contributed by atoms with E-state index in [1.54, 1.807) is 7.11 Å². The minimum Gasteiger partial charge on any atom is -0.495 e. The fourth-order valence-electron chi connectivity index (χ4n) is 2.86. The van der Waals surface area contributed by atoms with E-state index in [4.69, 9.17) is 4.74 Å². The van der Waals surface area contributed by atoms with Crippen LogP contribution in [0, 0.1) is 0 Å². The van der Waals surface area contributed by atoms with Crippen LogP contribution in [0.15, 0.2) is 24.3 Å². The molecular formula is C18H29N3O2. The SMILES string of the molecule is CCCCNC(=O)CCN1CCN(c2ccccc2OC)CC1. The first kappa shape index (κ1) is 17.6. The first-order valence-corrected chi connectivity index (χ1v) is 8.61. The summed E-state index contributed by atoms with van der Waals surface area (Å²) in [5.41, 5.74) is 1.16. The third-order valence-corrected chi connectivity index (χ3v) is 4.31. The van der Waals surface area contributed by atoms with Crippen molar-refractivity contribution in [3.8, 4) is 5.75 Å². The van der Waals surface area contributed by atoms with Gasteiger partial charge in [-0.05, 0) is 18.6 Å². The van der Waals surface area contributed by atoms with Crippen molar-refractivity contribution in [2.24, 2.45) is 0 Å². The number of nitrogens with one attached hydrogen (secondary N) is 1. The van der Waals surface area contributed by atoms with Crippen LogP contribution in [0.4, 0.5) is 5.69 Å². The Hall–Kier alpha value is -1.75. The van der Waals surface area contributed by atoms with Gasteiger partial charge >= 0.3 is 0 Å². The summed E-state index contributed by atoms with van der Waals surface area (Å²) in [4.78, 5) is 16.5. The molecule has 23 heavy (non-hydrogen) atoms. The number of anilines is 1. The smallest absolute Gasteiger partial charge is 0.221 e. The zero-order valence-electron chi connectivity index (χ0n) is 14.4. The average Bonchev–Trinajstić information content (AvgIpc) is 2.60. The van der Waals surface area contributed by atoms with Crippen LogP contribution in [0.25, 0.3) is 0 Å². The number of nitrogens with zero attached hydrogens (tertiary/aromatic N) is 2. The van der Waals surface area contributed by atoms with Crippen molar-refractivity contribution in [3.05, 3.63) is 24.3 Å². The predicted molar refractivity (Wildman–Crippen MR) is 94.2 cm³/mol. The molecule has 0 spiro atoms. The summed E-state index contributed by atoms with van der Waals surface area (Å²) in [5, 5.41) is 2.98. The number of ether oxygens (including phenoxy) is 1. The number of piperazine rings is 1. The van der Waals surface area contributed by atoms with Crippen molar-refractivity contribution in [1.29, 1.82) is 0 Å². The summed E-state index contributed by atoms with van der Waals surface area (Å²) in [6.45, 7) is 7.69. The number of unbranched alkanes of at least 4 members (excludes halogenated alkanes) is 1. The molecule has 1 heterocycles. The highest BCUT2D eigenvalue weighted by Crippen LogP contribution is 2.28. The topological polar surface area (TPSA) is 44.8 Å². The maximum Gasteiger partial charge on any atom is 0.221 e. The number of carbonyl (C=O) groups is 1. The highest BCUT2D eigenvalue weighted by Gasteiger charge is 2.19. The fourth-order valence-corrected chi connectivity index (χ4v) is 2.86. The van der Waals surface area contributed by atoms with Gasteiger partial charge < -0.3 is 15.0 Å². The Bertz CT molecular complexity index is 485. The van der Waals surface area contributed by atoms with E-state index in [9.17, 15) is 4.79 Å². The Balaban J connectivity index is 1.72. The van der Waals surface area contributed by atoms with E-state index < -0.39 is 0 Å². The molecule has 1 N–H and O–H groups in total. The van der Waals surface area contributed by atoms with Crippen LogP contribution in [0.5, 0.6) is 5.75 Å². The number of carbonyl (C=O) groups excluding carboxylic acids is 1. The molecule has 0 aromatic heterocycles. The third kappa shape index (κ3) is 5.43. The predicted octanol–water partition coefficient (Wildman–Crippen LogP) is 2.12. The van der Waals surface area contributed by atoms with Gasteiger partial charge in [-0.15, -0.1) is 0 Å². The summed E-state index contributed by atoms with van der Waals surface area (Å²) < 4.78 is 5.44. The van der Waals surface area contributed by atoms with Gasteiger partial charge in [0.25, 0.3) is 0 Å². The zero-order chi connectivity index (χ0) is 16.5. The standard InChI is InChI=1S/C18H29N3O2/c1-3-4-10-19-18(22)9-11-20-12-14-21(15-13-20)16-7-5-6-8-17(16)23-2/h5-8H,3-4,9-15H2,1-2H3,(H,19,22). The molecule has 0 saturated carbocycles. The van der Waals surface area contributed by atoms with Crippen molar-refractivity contribution < 1.29 is 9.53 Å². The molecule has 1 aromatic rings. The van der Waals surface area contributed by atoms with Crippen LogP contribution in [-0.2, 0) is 4.79 Å². The molecule has 2 rings (SSSR count). The maximum atomic E-state index is 11.8. The number of hydrogen-bond acceptors (Lipinski definition) is 4. The van der Waals surface area contributed by atoms with Crippen molar-refractivity contribution in [3.63, 3.8) is 0 Å². The number of rotatable bonds is 8. The van der Waals surface area contributed by atoms with Gasteiger partial charge in [0, 0.05) is 45.7 Å². The highest BCUT2D eigenvalue weighted by molar-refractivity contribution is 5.76. The number of amides is 1. The van der Waals surface area contributed by atoms with E-state index >= 15 is 0 Å². The largest absolute Gasteiger partial charge is 0.495 e. The van der Waals surface area contributed by atoms with Gasteiger partial charge in [-0.2, -0.15) is 0 Å². The molecule has 1 aromatic carbocycles. The second kappa shape index (κ2) is 9.40. The Morgan fingerprint density at radius 1 is 1.22 bits per heavy atom. The monoisotopic (exact) mass is 319 g/mol. The van der Waals surface area contributed by atoms with Gasteiger partial charge in [0.15, 0.2) is 0 Å². The van der Waals surface area contributed by atoms with Gasteiger partial charge in [-0.1, -0.05) is 25.5 Å². The molecule has 1 aliphatic rings. The maximum absolute atomic E-state index is 11.8. The molecule has 128 valence electrons. The lowest BCUT2D eigenvalue weighted by Crippen LogP contribution is -2.47. The van der Waals surface area contributed by atoms with E-state index in [1.165, 1.54) is 0 Å². The van der Waals surface area contributed by atoms with E-state index in [1.807, 2.05) is 18.2 Å². The minimum absolute atomic E-state index is 0.172. The Labute approximate surface area is 139 Å². The summed E-state index contributed by atoms with van der Waals surface area (Å²) in [6, 6.07) is 8.15. The van der Waals surface area contributed by atoms with Crippen LogP contribution >= 0.6 is 0 Å². The van der Waals surface area contributed by atoms with E-state index in [-0.39, 0.29) is 5.91 Å². The van der Waals surface area contributed by atoms with Crippen LogP contribution in [0.3, 0.4) is 0 Å². The molecule has 0 aliphatic carbocycles. The molecular weight excluding hydrogens is 290 g/mol. The Morgan fingerprint density at radius 2 is 1.96 bits per heavy atom. The Kier molecular flexibility index (Phi) is 7.20. The number of benzene rings is 1. The lowest BCUT2D eigenvalue weighted by molar-refractivity contribution is -0.121. The van der Waals surface area contributed by atoms with Crippen LogP contribution in [0.2, 0.25) is 0 Å². The van der Waals surface area contributed by atoms with E-state index in [0.29, 0.717) is 6.42 Å².